The van der Waals surface area contributed by atoms with Gasteiger partial charge in [0.15, 0.2) is 5.72 Å². The average Bonchev–Trinajstić information content (AvgIpc) is 2.65. The van der Waals surface area contributed by atoms with E-state index in [4.69, 9.17) is 4.74 Å². The van der Waals surface area contributed by atoms with E-state index in [1.54, 1.807) is 11.0 Å². The van der Waals surface area contributed by atoms with E-state index in [9.17, 15) is 9.59 Å². The molecule has 0 spiro atoms. The number of carbonyl (C=O) groups is 2. The summed E-state index contributed by atoms with van der Waals surface area (Å²) in [6.45, 7) is 7.97. The topological polar surface area (TPSA) is 58.6 Å². The van der Waals surface area contributed by atoms with Gasteiger partial charge in [0, 0.05) is 24.6 Å². The molecule has 2 bridgehead atoms. The molecule has 0 aromatic heterocycles. The van der Waals surface area contributed by atoms with Gasteiger partial charge >= 0.3 is 0 Å². The second kappa shape index (κ2) is 6.82. The van der Waals surface area contributed by atoms with Gasteiger partial charge in [-0.15, -0.1) is 6.58 Å². The Balaban J connectivity index is 1.74. The van der Waals surface area contributed by atoms with Crippen molar-refractivity contribution >= 4 is 17.5 Å². The van der Waals surface area contributed by atoms with Gasteiger partial charge in [0.2, 0.25) is 11.8 Å². The summed E-state index contributed by atoms with van der Waals surface area (Å²) in [6.07, 6.45) is 2.23. The number of anilines is 1. The van der Waals surface area contributed by atoms with Crippen molar-refractivity contribution in [3.05, 3.63) is 72.3 Å². The highest BCUT2D eigenvalue weighted by molar-refractivity contribution is 6.08. The van der Waals surface area contributed by atoms with E-state index in [1.807, 2.05) is 62.4 Å². The molecule has 2 aliphatic heterocycles. The highest BCUT2D eigenvalue weighted by atomic mass is 16.5. The molecule has 1 fully saturated rings. The van der Waals surface area contributed by atoms with Crippen molar-refractivity contribution in [1.29, 1.82) is 0 Å². The van der Waals surface area contributed by atoms with Crippen LogP contribution in [0, 0.1) is 12.8 Å². The average molecular weight is 376 g/mol. The van der Waals surface area contributed by atoms with Crippen LogP contribution in [-0.4, -0.2) is 29.0 Å². The molecule has 28 heavy (non-hydrogen) atoms. The van der Waals surface area contributed by atoms with Crippen molar-refractivity contribution in [2.75, 3.05) is 11.9 Å². The number of benzene rings is 2. The molecule has 0 unspecified atom stereocenters. The zero-order valence-electron chi connectivity index (χ0n) is 16.1. The monoisotopic (exact) mass is 376 g/mol. The highest BCUT2D eigenvalue weighted by Gasteiger charge is 2.55. The van der Waals surface area contributed by atoms with Crippen LogP contribution in [0.3, 0.4) is 0 Å². The van der Waals surface area contributed by atoms with E-state index in [1.165, 1.54) is 0 Å². The van der Waals surface area contributed by atoms with Crippen molar-refractivity contribution < 1.29 is 14.3 Å². The van der Waals surface area contributed by atoms with Crippen molar-refractivity contribution in [1.82, 2.24) is 4.90 Å². The second-order valence-electron chi connectivity index (χ2n) is 7.70. The van der Waals surface area contributed by atoms with Crippen LogP contribution in [0.25, 0.3) is 0 Å². The lowest BCUT2D eigenvalue weighted by Crippen LogP contribution is -2.64. The van der Waals surface area contributed by atoms with Crippen LogP contribution in [0.4, 0.5) is 5.69 Å². The Labute approximate surface area is 165 Å². The maximum absolute atomic E-state index is 13.4. The fourth-order valence-electron chi connectivity index (χ4n) is 4.36. The van der Waals surface area contributed by atoms with Gasteiger partial charge in [0.1, 0.15) is 11.7 Å². The SMILES string of the molecule is C=CCN1C(=O)[C@H](C(=O)Nc2cccc(C)c2)[C@H]2C[C@@]1(C)Oc1ccccc12. The van der Waals surface area contributed by atoms with Gasteiger partial charge in [-0.25, -0.2) is 0 Å². The Morgan fingerprint density at radius 2 is 2.11 bits per heavy atom. The first-order valence-corrected chi connectivity index (χ1v) is 9.51. The number of ether oxygens (including phenoxy) is 1. The number of likely N-dealkylation sites (tertiary alicyclic amines) is 1. The summed E-state index contributed by atoms with van der Waals surface area (Å²) in [4.78, 5) is 28.2. The van der Waals surface area contributed by atoms with Gasteiger partial charge in [0.05, 0.1) is 0 Å². The molecule has 4 rings (SSSR count). The Hall–Kier alpha value is -3.08. The van der Waals surface area contributed by atoms with E-state index in [0.717, 1.165) is 16.9 Å². The molecule has 2 aromatic carbocycles. The maximum atomic E-state index is 13.4. The van der Waals surface area contributed by atoms with Crippen LogP contribution in [0.15, 0.2) is 61.2 Å². The van der Waals surface area contributed by atoms with Gasteiger partial charge in [-0.2, -0.15) is 0 Å². The van der Waals surface area contributed by atoms with Gasteiger partial charge in [-0.3, -0.25) is 9.59 Å². The molecule has 1 saturated heterocycles. The molecular weight excluding hydrogens is 352 g/mol. The molecule has 2 aromatic rings. The summed E-state index contributed by atoms with van der Waals surface area (Å²) in [6, 6.07) is 15.3. The first-order valence-electron chi connectivity index (χ1n) is 9.51. The highest BCUT2D eigenvalue weighted by Crippen LogP contribution is 2.50. The third kappa shape index (κ3) is 2.97. The maximum Gasteiger partial charge on any atom is 0.239 e. The number of hydrogen-bond donors (Lipinski definition) is 1. The molecule has 2 aliphatic rings. The summed E-state index contributed by atoms with van der Waals surface area (Å²) >= 11 is 0. The molecule has 144 valence electrons. The lowest BCUT2D eigenvalue weighted by molar-refractivity contribution is -0.173. The van der Waals surface area contributed by atoms with E-state index in [-0.39, 0.29) is 17.7 Å². The molecule has 2 heterocycles. The zero-order chi connectivity index (χ0) is 19.9. The normalized spacial score (nSPS) is 25.5. The van der Waals surface area contributed by atoms with E-state index >= 15 is 0 Å². The van der Waals surface area contributed by atoms with Gasteiger partial charge < -0.3 is 15.0 Å². The minimum atomic E-state index is -0.807. The Morgan fingerprint density at radius 3 is 2.86 bits per heavy atom. The van der Waals surface area contributed by atoms with E-state index < -0.39 is 11.6 Å². The Morgan fingerprint density at radius 1 is 1.32 bits per heavy atom. The summed E-state index contributed by atoms with van der Waals surface area (Å²) in [5.74, 6) is -0.810. The summed E-state index contributed by atoms with van der Waals surface area (Å²) in [5.41, 5.74) is 1.87. The second-order valence-corrected chi connectivity index (χ2v) is 7.70. The van der Waals surface area contributed by atoms with E-state index in [0.29, 0.717) is 18.7 Å². The summed E-state index contributed by atoms with van der Waals surface area (Å²) in [7, 11) is 0. The van der Waals surface area contributed by atoms with Crippen molar-refractivity contribution in [3.8, 4) is 5.75 Å². The smallest absolute Gasteiger partial charge is 0.239 e. The van der Waals surface area contributed by atoms with Crippen molar-refractivity contribution in [2.24, 2.45) is 5.92 Å². The molecule has 3 atom stereocenters. The number of aryl methyl sites for hydroxylation is 1. The predicted molar refractivity (Wildman–Crippen MR) is 108 cm³/mol. The number of rotatable bonds is 4. The number of para-hydroxylation sites is 1. The van der Waals surface area contributed by atoms with Crippen LogP contribution in [0.5, 0.6) is 5.75 Å². The standard InChI is InChI=1S/C23H24N2O3/c1-4-12-25-22(27)20(21(26)24-16-9-7-8-15(2)13-16)18-14-23(25,3)28-19-11-6-5-10-17(18)19/h4-11,13,18,20H,1,12,14H2,2-3H3,(H,24,26)/t18-,20-,23+/m0/s1. The Bertz CT molecular complexity index is 954. The quantitative estimate of drug-likeness (QED) is 0.651. The zero-order valence-corrected chi connectivity index (χ0v) is 16.1. The van der Waals surface area contributed by atoms with Gasteiger partial charge in [-0.1, -0.05) is 36.4 Å². The molecule has 2 amide bonds. The summed E-state index contributed by atoms with van der Waals surface area (Å²) in [5, 5.41) is 2.94. The molecule has 0 radical (unpaired) electrons. The molecule has 1 N–H and O–H groups in total. The predicted octanol–water partition coefficient (Wildman–Crippen LogP) is 3.86. The molecule has 5 nitrogen and oxygen atoms in total. The molecule has 5 heteroatoms. The third-order valence-electron chi connectivity index (χ3n) is 5.63. The minimum Gasteiger partial charge on any atom is -0.468 e. The van der Waals surface area contributed by atoms with Crippen LogP contribution >= 0.6 is 0 Å². The van der Waals surface area contributed by atoms with Crippen molar-refractivity contribution in [3.63, 3.8) is 0 Å². The lowest BCUT2D eigenvalue weighted by Gasteiger charge is -2.52. The van der Waals surface area contributed by atoms with Crippen LogP contribution in [0.1, 0.15) is 30.4 Å². The lowest BCUT2D eigenvalue weighted by atomic mass is 9.73. The fourth-order valence-corrected chi connectivity index (χ4v) is 4.36. The number of nitrogens with one attached hydrogen (secondary N) is 1. The number of piperidine rings is 1. The molecule has 0 aliphatic carbocycles. The van der Waals surface area contributed by atoms with Crippen LogP contribution in [-0.2, 0) is 9.59 Å². The first-order chi connectivity index (χ1) is 13.4. The third-order valence-corrected chi connectivity index (χ3v) is 5.63. The number of nitrogens with zero attached hydrogens (tertiary/aromatic N) is 1. The van der Waals surface area contributed by atoms with Crippen molar-refractivity contribution in [2.45, 2.75) is 31.9 Å². The fraction of sp³-hybridized carbons (Fsp3) is 0.304. The van der Waals surface area contributed by atoms with Crippen LogP contribution in [0.2, 0.25) is 0 Å². The minimum absolute atomic E-state index is 0.224. The number of fused-ring (bicyclic) bond motifs is 4. The van der Waals surface area contributed by atoms with Gasteiger partial charge in [-0.05, 0) is 43.2 Å². The largest absolute Gasteiger partial charge is 0.468 e. The van der Waals surface area contributed by atoms with Crippen LogP contribution < -0.4 is 10.1 Å². The number of hydrogen-bond acceptors (Lipinski definition) is 3. The van der Waals surface area contributed by atoms with Gasteiger partial charge in [0.25, 0.3) is 0 Å². The molecule has 0 saturated carbocycles. The number of amides is 2. The summed E-state index contributed by atoms with van der Waals surface area (Å²) < 4.78 is 6.21. The molecular formula is C23H24N2O3. The van der Waals surface area contributed by atoms with E-state index in [2.05, 4.69) is 11.9 Å². The first kappa shape index (κ1) is 18.3. The Kier molecular flexibility index (Phi) is 4.46. The number of carbonyl (C=O) groups excluding carboxylic acids is 2.